The van der Waals surface area contributed by atoms with Gasteiger partial charge in [-0.1, -0.05) is 0 Å². The second-order valence-electron chi connectivity index (χ2n) is 1.58. The molecule has 0 aliphatic heterocycles. The summed E-state index contributed by atoms with van der Waals surface area (Å²) >= 11 is 0. The molecule has 5 heteroatoms. The van der Waals surface area contributed by atoms with Crippen LogP contribution in [-0.2, 0) is 4.79 Å². The molecular formula is C6H7FN2O2. The Kier molecular flexibility index (Phi) is 4.55. The number of rotatable bonds is 0. The predicted molar refractivity (Wildman–Crippen MR) is 35.3 cm³/mol. The summed E-state index contributed by atoms with van der Waals surface area (Å²) in [4.78, 5) is 15.8. The zero-order valence-electron chi connectivity index (χ0n) is 5.86. The molecule has 0 unspecified atom stereocenters. The number of carboxylic acids is 1. The number of halogens is 1. The molecule has 0 saturated carbocycles. The average Bonchev–Trinajstić information content (AvgIpc) is 1.87. The van der Waals surface area contributed by atoms with Gasteiger partial charge in [-0.05, 0) is 0 Å². The SMILES string of the molecule is CC(=O)O.Fc1cncnc1. The van der Waals surface area contributed by atoms with Crippen molar-refractivity contribution in [1.82, 2.24) is 9.97 Å². The number of nitrogens with zero attached hydrogens (tertiary/aromatic N) is 2. The molecule has 0 radical (unpaired) electrons. The molecular weight excluding hydrogens is 151 g/mol. The van der Waals surface area contributed by atoms with E-state index in [1.54, 1.807) is 0 Å². The number of aliphatic carboxylic acids is 1. The Labute approximate surface area is 62.7 Å². The van der Waals surface area contributed by atoms with E-state index < -0.39 is 11.8 Å². The van der Waals surface area contributed by atoms with Crippen molar-refractivity contribution in [3.05, 3.63) is 24.5 Å². The highest BCUT2D eigenvalue weighted by molar-refractivity contribution is 5.62. The van der Waals surface area contributed by atoms with Crippen LogP contribution < -0.4 is 0 Å². The number of carboxylic acid groups (broad SMARTS) is 1. The number of aromatic nitrogens is 2. The Balaban J connectivity index is 0.000000218. The lowest BCUT2D eigenvalue weighted by atomic mass is 10.7. The molecule has 11 heavy (non-hydrogen) atoms. The van der Waals surface area contributed by atoms with Crippen molar-refractivity contribution in [2.45, 2.75) is 6.92 Å². The molecule has 0 fully saturated rings. The Morgan fingerprint density at radius 3 is 2.09 bits per heavy atom. The second kappa shape index (κ2) is 5.28. The minimum atomic E-state index is -0.833. The fraction of sp³-hybridized carbons (Fsp3) is 0.167. The molecule has 0 saturated heterocycles. The zero-order valence-corrected chi connectivity index (χ0v) is 5.86. The minimum Gasteiger partial charge on any atom is -0.481 e. The molecule has 0 atom stereocenters. The van der Waals surface area contributed by atoms with Crippen LogP contribution in [0.25, 0.3) is 0 Å². The van der Waals surface area contributed by atoms with Crippen LogP contribution in [0.2, 0.25) is 0 Å². The monoisotopic (exact) mass is 158 g/mol. The van der Waals surface area contributed by atoms with Crippen LogP contribution in [0.4, 0.5) is 4.39 Å². The lowest BCUT2D eigenvalue weighted by Gasteiger charge is -1.77. The van der Waals surface area contributed by atoms with Crippen molar-refractivity contribution in [1.29, 1.82) is 0 Å². The molecule has 1 aromatic rings. The van der Waals surface area contributed by atoms with E-state index in [1.807, 2.05) is 0 Å². The number of hydrogen-bond acceptors (Lipinski definition) is 3. The zero-order chi connectivity index (χ0) is 8.69. The van der Waals surface area contributed by atoms with E-state index in [-0.39, 0.29) is 0 Å². The lowest BCUT2D eigenvalue weighted by Crippen LogP contribution is -1.78. The summed E-state index contributed by atoms with van der Waals surface area (Å²) in [5.41, 5.74) is 0. The average molecular weight is 158 g/mol. The molecule has 0 amide bonds. The Morgan fingerprint density at radius 2 is 1.91 bits per heavy atom. The smallest absolute Gasteiger partial charge is 0.300 e. The first-order valence-electron chi connectivity index (χ1n) is 2.73. The number of hydrogen-bond donors (Lipinski definition) is 1. The van der Waals surface area contributed by atoms with Crippen LogP contribution in [-0.4, -0.2) is 21.0 Å². The quantitative estimate of drug-likeness (QED) is 0.603. The van der Waals surface area contributed by atoms with Crippen LogP contribution in [0.1, 0.15) is 6.92 Å². The molecule has 0 bridgehead atoms. The summed E-state index contributed by atoms with van der Waals surface area (Å²) < 4.78 is 11.8. The Morgan fingerprint density at radius 1 is 1.55 bits per heavy atom. The van der Waals surface area contributed by atoms with Crippen molar-refractivity contribution in [2.75, 3.05) is 0 Å². The van der Waals surface area contributed by atoms with Crippen LogP contribution in [0.5, 0.6) is 0 Å². The molecule has 1 heterocycles. The second-order valence-corrected chi connectivity index (χ2v) is 1.58. The largest absolute Gasteiger partial charge is 0.481 e. The van der Waals surface area contributed by atoms with E-state index >= 15 is 0 Å². The molecule has 60 valence electrons. The minimum absolute atomic E-state index is 0.400. The molecule has 4 nitrogen and oxygen atoms in total. The molecule has 0 aliphatic carbocycles. The summed E-state index contributed by atoms with van der Waals surface area (Å²) in [5, 5.41) is 7.42. The highest BCUT2D eigenvalue weighted by Crippen LogP contribution is 1.84. The van der Waals surface area contributed by atoms with Gasteiger partial charge >= 0.3 is 0 Å². The fourth-order valence-electron chi connectivity index (χ4n) is 0.281. The first-order chi connectivity index (χ1) is 5.13. The predicted octanol–water partition coefficient (Wildman–Crippen LogP) is 0.707. The highest BCUT2D eigenvalue weighted by atomic mass is 19.1. The van der Waals surface area contributed by atoms with E-state index in [0.29, 0.717) is 0 Å². The molecule has 1 N–H and O–H groups in total. The molecule has 1 rings (SSSR count). The maximum absolute atomic E-state index is 11.8. The summed E-state index contributed by atoms with van der Waals surface area (Å²) in [7, 11) is 0. The maximum atomic E-state index is 11.8. The van der Waals surface area contributed by atoms with Gasteiger partial charge in [0.2, 0.25) is 0 Å². The molecule has 0 spiro atoms. The van der Waals surface area contributed by atoms with Gasteiger partial charge in [0.1, 0.15) is 6.33 Å². The Bertz CT molecular complexity index is 211. The lowest BCUT2D eigenvalue weighted by molar-refractivity contribution is -0.134. The highest BCUT2D eigenvalue weighted by Gasteiger charge is 1.79. The van der Waals surface area contributed by atoms with Crippen LogP contribution in [0.15, 0.2) is 18.7 Å². The fourth-order valence-corrected chi connectivity index (χ4v) is 0.281. The molecule has 0 aromatic carbocycles. The first-order valence-corrected chi connectivity index (χ1v) is 2.73. The van der Waals surface area contributed by atoms with E-state index in [1.165, 1.54) is 6.33 Å². The van der Waals surface area contributed by atoms with Gasteiger partial charge in [0.05, 0.1) is 12.4 Å². The van der Waals surface area contributed by atoms with Crippen LogP contribution in [0, 0.1) is 5.82 Å². The maximum Gasteiger partial charge on any atom is 0.300 e. The van der Waals surface area contributed by atoms with E-state index in [0.717, 1.165) is 19.3 Å². The third-order valence-electron chi connectivity index (χ3n) is 0.529. The third kappa shape index (κ3) is 8.48. The van der Waals surface area contributed by atoms with Crippen molar-refractivity contribution in [3.63, 3.8) is 0 Å². The van der Waals surface area contributed by atoms with Crippen LogP contribution >= 0.6 is 0 Å². The van der Waals surface area contributed by atoms with E-state index in [9.17, 15) is 4.39 Å². The van der Waals surface area contributed by atoms with Gasteiger partial charge in [0.15, 0.2) is 5.82 Å². The standard InChI is InChI=1S/C4H3FN2.C2H4O2/c5-4-1-6-3-7-2-4;1-2(3)4/h1-3H;1H3,(H,3,4). The molecule has 1 aromatic heterocycles. The van der Waals surface area contributed by atoms with Gasteiger partial charge in [0, 0.05) is 6.92 Å². The Hall–Kier alpha value is -1.52. The number of carbonyl (C=O) groups is 1. The van der Waals surface area contributed by atoms with Crippen molar-refractivity contribution >= 4 is 5.97 Å². The normalized spacial score (nSPS) is 7.82. The summed E-state index contributed by atoms with van der Waals surface area (Å²) in [6, 6.07) is 0. The molecule has 0 aliphatic rings. The van der Waals surface area contributed by atoms with Gasteiger partial charge in [0.25, 0.3) is 5.97 Å². The van der Waals surface area contributed by atoms with Crippen LogP contribution in [0.3, 0.4) is 0 Å². The van der Waals surface area contributed by atoms with Crippen molar-refractivity contribution in [3.8, 4) is 0 Å². The van der Waals surface area contributed by atoms with E-state index in [4.69, 9.17) is 9.90 Å². The first kappa shape index (κ1) is 9.48. The summed E-state index contributed by atoms with van der Waals surface area (Å²) in [5.74, 6) is -1.23. The van der Waals surface area contributed by atoms with Crippen molar-refractivity contribution < 1.29 is 14.3 Å². The summed E-state index contributed by atoms with van der Waals surface area (Å²) in [6.45, 7) is 1.08. The topological polar surface area (TPSA) is 63.1 Å². The van der Waals surface area contributed by atoms with Crippen molar-refractivity contribution in [2.24, 2.45) is 0 Å². The van der Waals surface area contributed by atoms with E-state index in [2.05, 4.69) is 9.97 Å². The summed E-state index contributed by atoms with van der Waals surface area (Å²) in [6.07, 6.45) is 3.49. The van der Waals surface area contributed by atoms with Gasteiger partial charge in [-0.3, -0.25) is 4.79 Å². The third-order valence-corrected chi connectivity index (χ3v) is 0.529. The van der Waals surface area contributed by atoms with Gasteiger partial charge < -0.3 is 5.11 Å². The van der Waals surface area contributed by atoms with Gasteiger partial charge in [-0.15, -0.1) is 0 Å². The van der Waals surface area contributed by atoms with Gasteiger partial charge in [-0.2, -0.15) is 0 Å². The van der Waals surface area contributed by atoms with Gasteiger partial charge in [-0.25, -0.2) is 14.4 Å².